The molecule has 0 bridgehead atoms. The van der Waals surface area contributed by atoms with Crippen LogP contribution in [0.5, 0.6) is 11.5 Å². The molecule has 49 heavy (non-hydrogen) atoms. The Morgan fingerprint density at radius 1 is 0.816 bits per heavy atom. The summed E-state index contributed by atoms with van der Waals surface area (Å²) in [7, 11) is 3.62. The third-order valence-electron chi connectivity index (χ3n) is 8.24. The number of carbonyl (C=O) groups excluding carboxylic acids is 3. The van der Waals surface area contributed by atoms with Crippen LogP contribution in [0, 0.1) is 6.92 Å². The van der Waals surface area contributed by atoms with E-state index in [4.69, 9.17) is 31.5 Å². The van der Waals surface area contributed by atoms with Crippen LogP contribution < -0.4 is 25.8 Å². The van der Waals surface area contributed by atoms with Crippen molar-refractivity contribution in [3.63, 3.8) is 0 Å². The highest BCUT2D eigenvalue weighted by Gasteiger charge is 2.19. The number of nitrogens with one attached hydrogen (secondary N) is 2. The van der Waals surface area contributed by atoms with Crippen molar-refractivity contribution in [3.8, 4) is 11.5 Å². The molecule has 1 heterocycles. The molecule has 0 spiro atoms. The molecule has 0 unspecified atom stereocenters. The van der Waals surface area contributed by atoms with Gasteiger partial charge in [-0.25, -0.2) is 0 Å². The van der Waals surface area contributed by atoms with Crippen molar-refractivity contribution in [1.29, 1.82) is 0 Å². The number of piperazine rings is 1. The Labute approximate surface area is 294 Å². The largest absolute Gasteiger partial charge is 0.493 e. The van der Waals surface area contributed by atoms with Gasteiger partial charge in [-0.05, 0) is 100 Å². The molecular weight excluding hydrogens is 646 g/mol. The smallest absolute Gasteiger partial charge is 0.259 e. The summed E-state index contributed by atoms with van der Waals surface area (Å²) in [6.07, 6.45) is 3.66. The fourth-order valence-electron chi connectivity index (χ4n) is 5.39. The second kappa shape index (κ2) is 19.1. The topological polar surface area (TPSA) is 135 Å². The van der Waals surface area contributed by atoms with Gasteiger partial charge in [0.25, 0.3) is 11.8 Å². The van der Waals surface area contributed by atoms with Gasteiger partial charge in [0.1, 0.15) is 11.5 Å². The SMILES string of the molecule is COCc1cc(C(=O)Nc2ccc(C)cc2OCCCCCC(=O)N2CCN(C)CC2)ccc1NC(=O)c1ccc(Cl)cc1OCCCN. The molecule has 0 atom stereocenters. The van der Waals surface area contributed by atoms with E-state index in [0.717, 1.165) is 51.0 Å². The Balaban J connectivity index is 1.35. The third-order valence-corrected chi connectivity index (χ3v) is 8.48. The first-order chi connectivity index (χ1) is 23.7. The van der Waals surface area contributed by atoms with Crippen molar-refractivity contribution in [1.82, 2.24) is 9.80 Å². The lowest BCUT2D eigenvalue weighted by molar-refractivity contribution is -0.132. The second-order valence-corrected chi connectivity index (χ2v) is 12.6. The van der Waals surface area contributed by atoms with Gasteiger partial charge in [0.2, 0.25) is 5.91 Å². The van der Waals surface area contributed by atoms with E-state index in [1.807, 2.05) is 30.0 Å². The molecule has 1 fully saturated rings. The summed E-state index contributed by atoms with van der Waals surface area (Å²) in [5, 5.41) is 6.33. The van der Waals surface area contributed by atoms with Gasteiger partial charge in [-0.15, -0.1) is 0 Å². The summed E-state index contributed by atoms with van der Waals surface area (Å²) in [5.41, 5.74) is 8.95. The zero-order valence-electron chi connectivity index (χ0n) is 28.7. The van der Waals surface area contributed by atoms with Crippen LogP contribution in [0.4, 0.5) is 11.4 Å². The number of benzene rings is 3. The van der Waals surface area contributed by atoms with Crippen LogP contribution >= 0.6 is 11.6 Å². The summed E-state index contributed by atoms with van der Waals surface area (Å²) in [4.78, 5) is 43.4. The minimum atomic E-state index is -0.392. The fourth-order valence-corrected chi connectivity index (χ4v) is 5.55. The number of methoxy groups -OCH3 is 1. The molecule has 0 aliphatic carbocycles. The van der Waals surface area contributed by atoms with Crippen LogP contribution in [0.25, 0.3) is 0 Å². The number of nitrogens with zero attached hydrogens (tertiary/aromatic N) is 2. The molecular formula is C37H48ClN5O6. The number of anilines is 2. The molecule has 4 N–H and O–H groups in total. The van der Waals surface area contributed by atoms with Crippen LogP contribution in [0.3, 0.4) is 0 Å². The van der Waals surface area contributed by atoms with Gasteiger partial charge in [0.15, 0.2) is 0 Å². The zero-order valence-corrected chi connectivity index (χ0v) is 29.4. The predicted octanol–water partition coefficient (Wildman–Crippen LogP) is 5.74. The highest BCUT2D eigenvalue weighted by Crippen LogP contribution is 2.29. The van der Waals surface area contributed by atoms with Crippen molar-refractivity contribution in [3.05, 3.63) is 81.9 Å². The first-order valence-electron chi connectivity index (χ1n) is 16.7. The Morgan fingerprint density at radius 2 is 1.53 bits per heavy atom. The molecule has 3 aromatic carbocycles. The average Bonchev–Trinajstić information content (AvgIpc) is 3.08. The maximum atomic E-state index is 13.4. The summed E-state index contributed by atoms with van der Waals surface area (Å²) >= 11 is 6.15. The predicted molar refractivity (Wildman–Crippen MR) is 193 cm³/mol. The molecule has 1 aliphatic rings. The summed E-state index contributed by atoms with van der Waals surface area (Å²) in [6.45, 7) is 6.84. The van der Waals surface area contributed by atoms with Crippen LogP contribution in [0.2, 0.25) is 5.02 Å². The number of unbranched alkanes of at least 4 members (excludes halogenated alkanes) is 2. The molecule has 264 valence electrons. The molecule has 0 radical (unpaired) electrons. The van der Waals surface area contributed by atoms with Gasteiger partial charge in [0.05, 0.1) is 31.1 Å². The van der Waals surface area contributed by atoms with Crippen molar-refractivity contribution in [2.45, 2.75) is 45.6 Å². The summed E-state index contributed by atoms with van der Waals surface area (Å²) in [5.74, 6) is 0.434. The number of rotatable bonds is 17. The maximum absolute atomic E-state index is 13.4. The van der Waals surface area contributed by atoms with Gasteiger partial charge >= 0.3 is 0 Å². The lowest BCUT2D eigenvalue weighted by atomic mass is 10.1. The minimum absolute atomic E-state index is 0.164. The highest BCUT2D eigenvalue weighted by molar-refractivity contribution is 6.31. The molecule has 4 rings (SSSR count). The molecule has 0 aromatic heterocycles. The number of hydrogen-bond donors (Lipinski definition) is 3. The van der Waals surface area contributed by atoms with E-state index in [-0.39, 0.29) is 18.4 Å². The first-order valence-corrected chi connectivity index (χ1v) is 17.1. The molecule has 3 amide bonds. The molecule has 0 saturated carbocycles. The molecule has 3 aromatic rings. The van der Waals surface area contributed by atoms with Crippen molar-refractivity contribution < 1.29 is 28.6 Å². The summed E-state index contributed by atoms with van der Waals surface area (Å²) in [6, 6.07) is 15.4. The quantitative estimate of drug-likeness (QED) is 0.152. The standard InChI is InChI=1S/C37H48ClN5O6/c1-26-9-13-32(34(22-26)49-20-6-4-5-8-35(44)43-18-16-42(2)17-19-43)41-36(45)27-10-14-31(28(23-27)25-47-3)40-37(46)30-12-11-29(38)24-33(30)48-21-7-15-39/h9-14,22-24H,4-8,15-21,25,39H2,1-3H3,(H,40,46)(H,41,45). The number of likely N-dealkylation sites (N-methyl/N-ethyl adjacent to an activating group) is 1. The van der Waals surface area contributed by atoms with Gasteiger partial charge in [-0.3, -0.25) is 14.4 Å². The third kappa shape index (κ3) is 11.5. The first kappa shape index (κ1) is 37.7. The van der Waals surface area contributed by atoms with E-state index in [2.05, 4.69) is 22.6 Å². The fraction of sp³-hybridized carbons (Fsp3) is 0.432. The Kier molecular flexibility index (Phi) is 14.7. The zero-order chi connectivity index (χ0) is 35.2. The Hall–Kier alpha value is -4.16. The van der Waals surface area contributed by atoms with E-state index < -0.39 is 5.91 Å². The van der Waals surface area contributed by atoms with E-state index >= 15 is 0 Å². The summed E-state index contributed by atoms with van der Waals surface area (Å²) < 4.78 is 17.2. The lowest BCUT2D eigenvalue weighted by Gasteiger charge is -2.32. The molecule has 11 nitrogen and oxygen atoms in total. The number of aryl methyl sites for hydroxylation is 1. The Bertz CT molecular complexity index is 1580. The number of nitrogens with two attached hydrogens (primary N) is 1. The number of amides is 3. The van der Waals surface area contributed by atoms with Crippen molar-refractivity contribution >= 4 is 40.7 Å². The van der Waals surface area contributed by atoms with Crippen LogP contribution in [0.15, 0.2) is 54.6 Å². The Morgan fingerprint density at radius 3 is 2.29 bits per heavy atom. The van der Waals surface area contributed by atoms with Crippen molar-refractivity contribution in [2.75, 3.05) is 70.7 Å². The number of hydrogen-bond acceptors (Lipinski definition) is 8. The van der Waals surface area contributed by atoms with Gasteiger partial charge < -0.3 is 40.4 Å². The van der Waals surface area contributed by atoms with Gasteiger partial charge in [0, 0.05) is 61.5 Å². The highest BCUT2D eigenvalue weighted by atomic mass is 35.5. The molecule has 12 heteroatoms. The van der Waals surface area contributed by atoms with Crippen molar-refractivity contribution in [2.24, 2.45) is 5.73 Å². The minimum Gasteiger partial charge on any atom is -0.493 e. The van der Waals surface area contributed by atoms with Crippen LogP contribution in [0.1, 0.15) is 63.9 Å². The average molecular weight is 694 g/mol. The van der Waals surface area contributed by atoms with E-state index in [1.165, 1.54) is 0 Å². The van der Waals surface area contributed by atoms with E-state index in [9.17, 15) is 14.4 Å². The lowest BCUT2D eigenvalue weighted by Crippen LogP contribution is -2.47. The number of ether oxygens (including phenoxy) is 3. The normalized spacial score (nSPS) is 13.2. The molecule has 1 saturated heterocycles. The van der Waals surface area contributed by atoms with Gasteiger partial charge in [-0.1, -0.05) is 17.7 Å². The van der Waals surface area contributed by atoms with Crippen LogP contribution in [-0.2, 0) is 16.1 Å². The number of halogens is 1. The maximum Gasteiger partial charge on any atom is 0.259 e. The number of carbonyl (C=O) groups is 3. The van der Waals surface area contributed by atoms with Gasteiger partial charge in [-0.2, -0.15) is 0 Å². The van der Waals surface area contributed by atoms with Crippen LogP contribution in [-0.4, -0.2) is 87.6 Å². The monoisotopic (exact) mass is 693 g/mol. The second-order valence-electron chi connectivity index (χ2n) is 12.2. The van der Waals surface area contributed by atoms with E-state index in [0.29, 0.717) is 77.2 Å². The molecule has 1 aliphatic heterocycles. The van der Waals surface area contributed by atoms with E-state index in [1.54, 1.807) is 43.5 Å².